The molecule has 29 heavy (non-hydrogen) atoms. The van der Waals surface area contributed by atoms with Crippen molar-refractivity contribution in [1.82, 2.24) is 14.9 Å². The van der Waals surface area contributed by atoms with Crippen LogP contribution in [0.1, 0.15) is 23.2 Å². The number of likely N-dealkylation sites (tertiary alicyclic amines) is 1. The van der Waals surface area contributed by atoms with Crippen molar-refractivity contribution in [3.05, 3.63) is 72.7 Å². The lowest BCUT2D eigenvalue weighted by atomic mass is 10.1. The van der Waals surface area contributed by atoms with Gasteiger partial charge in [-0.3, -0.25) is 14.8 Å². The summed E-state index contributed by atoms with van der Waals surface area (Å²) in [6, 6.07) is 15.2. The molecule has 148 valence electrons. The third-order valence-electron chi connectivity index (χ3n) is 5.06. The van der Waals surface area contributed by atoms with E-state index in [0.717, 1.165) is 35.6 Å². The Kier molecular flexibility index (Phi) is 5.70. The first-order valence-electron chi connectivity index (χ1n) is 9.70. The number of methoxy groups -OCH3 is 1. The van der Waals surface area contributed by atoms with Crippen molar-refractivity contribution in [3.8, 4) is 22.8 Å². The highest BCUT2D eigenvalue weighted by Crippen LogP contribution is 2.28. The molecule has 3 heterocycles. The standard InChI is InChI=1S/C23H23N3O3/c1-28-22-7-3-2-6-20(22)21-9-8-17(15-25-21)23(27)26-13-10-18(11-14-26)29-19-5-4-12-24-16-19/h2-9,12,15-16,18H,10-11,13-14H2,1H3. The van der Waals surface area contributed by atoms with Gasteiger partial charge in [-0.2, -0.15) is 0 Å². The highest BCUT2D eigenvalue weighted by molar-refractivity contribution is 5.94. The molecular weight excluding hydrogens is 366 g/mol. The Morgan fingerprint density at radius 1 is 1.03 bits per heavy atom. The molecule has 4 rings (SSSR count). The van der Waals surface area contributed by atoms with Crippen LogP contribution >= 0.6 is 0 Å². The monoisotopic (exact) mass is 389 g/mol. The van der Waals surface area contributed by atoms with Gasteiger partial charge in [0.2, 0.25) is 0 Å². The van der Waals surface area contributed by atoms with Crippen LogP contribution in [0.2, 0.25) is 0 Å². The van der Waals surface area contributed by atoms with E-state index in [0.29, 0.717) is 18.7 Å². The summed E-state index contributed by atoms with van der Waals surface area (Å²) in [5, 5.41) is 0. The second kappa shape index (κ2) is 8.73. The summed E-state index contributed by atoms with van der Waals surface area (Å²) in [5.74, 6) is 1.53. The van der Waals surface area contributed by atoms with E-state index in [9.17, 15) is 4.79 Å². The van der Waals surface area contributed by atoms with Crippen LogP contribution in [0.25, 0.3) is 11.3 Å². The van der Waals surface area contributed by atoms with Crippen LogP contribution in [-0.2, 0) is 0 Å². The number of carbonyl (C=O) groups is 1. The Balaban J connectivity index is 1.38. The number of carbonyl (C=O) groups excluding carboxylic acids is 1. The van der Waals surface area contributed by atoms with Crippen molar-refractivity contribution in [2.24, 2.45) is 0 Å². The number of benzene rings is 1. The molecule has 1 aromatic carbocycles. The normalized spacial score (nSPS) is 14.4. The van der Waals surface area contributed by atoms with Gasteiger partial charge in [0.15, 0.2) is 0 Å². The number of aromatic nitrogens is 2. The number of hydrogen-bond acceptors (Lipinski definition) is 5. The van der Waals surface area contributed by atoms with Crippen molar-refractivity contribution in [1.29, 1.82) is 0 Å². The average molecular weight is 389 g/mol. The summed E-state index contributed by atoms with van der Waals surface area (Å²) in [6.45, 7) is 1.33. The van der Waals surface area contributed by atoms with E-state index in [1.807, 2.05) is 53.4 Å². The van der Waals surface area contributed by atoms with Gasteiger partial charge in [0.25, 0.3) is 5.91 Å². The lowest BCUT2D eigenvalue weighted by Gasteiger charge is -2.32. The Morgan fingerprint density at radius 2 is 1.86 bits per heavy atom. The van der Waals surface area contributed by atoms with Gasteiger partial charge in [0.05, 0.1) is 24.6 Å². The third-order valence-corrected chi connectivity index (χ3v) is 5.06. The minimum Gasteiger partial charge on any atom is -0.496 e. The van der Waals surface area contributed by atoms with E-state index in [2.05, 4.69) is 9.97 Å². The van der Waals surface area contributed by atoms with Crippen LogP contribution in [0.3, 0.4) is 0 Å². The molecule has 1 saturated heterocycles. The second-order valence-corrected chi connectivity index (χ2v) is 6.93. The topological polar surface area (TPSA) is 64.5 Å². The molecule has 3 aromatic rings. The molecule has 1 aliphatic rings. The molecule has 6 heteroatoms. The van der Waals surface area contributed by atoms with E-state index >= 15 is 0 Å². The summed E-state index contributed by atoms with van der Waals surface area (Å²) in [7, 11) is 1.64. The fourth-order valence-corrected chi connectivity index (χ4v) is 3.50. The van der Waals surface area contributed by atoms with E-state index in [1.54, 1.807) is 25.7 Å². The zero-order valence-electron chi connectivity index (χ0n) is 16.3. The van der Waals surface area contributed by atoms with Crippen molar-refractivity contribution in [2.75, 3.05) is 20.2 Å². The van der Waals surface area contributed by atoms with Crippen LogP contribution in [0.4, 0.5) is 0 Å². The maximum absolute atomic E-state index is 12.8. The highest BCUT2D eigenvalue weighted by atomic mass is 16.5. The Morgan fingerprint density at radius 3 is 2.55 bits per heavy atom. The fourth-order valence-electron chi connectivity index (χ4n) is 3.50. The number of ether oxygens (including phenoxy) is 2. The Bertz CT molecular complexity index is 953. The number of amides is 1. The largest absolute Gasteiger partial charge is 0.496 e. The Labute approximate surface area is 170 Å². The molecule has 2 aromatic heterocycles. The molecule has 0 bridgehead atoms. The molecule has 0 saturated carbocycles. The lowest BCUT2D eigenvalue weighted by molar-refractivity contribution is 0.0594. The molecule has 1 fully saturated rings. The first-order chi connectivity index (χ1) is 14.2. The van der Waals surface area contributed by atoms with Crippen LogP contribution in [0.15, 0.2) is 67.1 Å². The molecule has 0 atom stereocenters. The van der Waals surface area contributed by atoms with Gasteiger partial charge in [-0.05, 0) is 36.4 Å². The smallest absolute Gasteiger partial charge is 0.255 e. The minimum absolute atomic E-state index is 0.00362. The van der Waals surface area contributed by atoms with Gasteiger partial charge in [-0.15, -0.1) is 0 Å². The molecule has 0 radical (unpaired) electrons. The van der Waals surface area contributed by atoms with Gasteiger partial charge < -0.3 is 14.4 Å². The first kappa shape index (κ1) is 18.9. The zero-order valence-corrected chi connectivity index (χ0v) is 16.3. The summed E-state index contributed by atoms with van der Waals surface area (Å²) in [4.78, 5) is 23.3. The minimum atomic E-state index is 0.00362. The number of pyridine rings is 2. The molecule has 0 N–H and O–H groups in total. The molecule has 0 spiro atoms. The molecule has 1 aliphatic heterocycles. The van der Waals surface area contributed by atoms with E-state index in [-0.39, 0.29) is 12.0 Å². The predicted octanol–water partition coefficient (Wildman–Crippen LogP) is 3.84. The number of nitrogens with zero attached hydrogens (tertiary/aromatic N) is 3. The third kappa shape index (κ3) is 4.37. The van der Waals surface area contributed by atoms with Gasteiger partial charge in [0, 0.05) is 43.9 Å². The number of hydrogen-bond donors (Lipinski definition) is 0. The Hall–Kier alpha value is -3.41. The average Bonchev–Trinajstić information content (AvgIpc) is 2.80. The quantitative estimate of drug-likeness (QED) is 0.663. The van der Waals surface area contributed by atoms with Crippen molar-refractivity contribution < 1.29 is 14.3 Å². The van der Waals surface area contributed by atoms with E-state index in [1.165, 1.54) is 0 Å². The van der Waals surface area contributed by atoms with Gasteiger partial charge in [-0.25, -0.2) is 0 Å². The van der Waals surface area contributed by atoms with Gasteiger partial charge >= 0.3 is 0 Å². The second-order valence-electron chi connectivity index (χ2n) is 6.93. The maximum Gasteiger partial charge on any atom is 0.255 e. The molecule has 0 aliphatic carbocycles. The summed E-state index contributed by atoms with van der Waals surface area (Å²) in [6.07, 6.45) is 6.78. The summed E-state index contributed by atoms with van der Waals surface area (Å²) >= 11 is 0. The summed E-state index contributed by atoms with van der Waals surface area (Å²) in [5.41, 5.74) is 2.28. The highest BCUT2D eigenvalue weighted by Gasteiger charge is 2.25. The molecule has 6 nitrogen and oxygen atoms in total. The van der Waals surface area contributed by atoms with Crippen molar-refractivity contribution in [2.45, 2.75) is 18.9 Å². The molecule has 1 amide bonds. The van der Waals surface area contributed by atoms with Crippen LogP contribution in [-0.4, -0.2) is 47.1 Å². The molecular formula is C23H23N3O3. The fraction of sp³-hybridized carbons (Fsp3) is 0.261. The van der Waals surface area contributed by atoms with Crippen LogP contribution in [0.5, 0.6) is 11.5 Å². The zero-order chi connectivity index (χ0) is 20.1. The molecule has 0 unspecified atom stereocenters. The first-order valence-corrected chi connectivity index (χ1v) is 9.70. The van der Waals surface area contributed by atoms with Crippen LogP contribution in [0, 0.1) is 0 Å². The SMILES string of the molecule is COc1ccccc1-c1ccc(C(=O)N2CCC(Oc3cccnc3)CC2)cn1. The number of rotatable bonds is 5. The van der Waals surface area contributed by atoms with Gasteiger partial charge in [-0.1, -0.05) is 12.1 Å². The van der Waals surface area contributed by atoms with Crippen LogP contribution < -0.4 is 9.47 Å². The van der Waals surface area contributed by atoms with Crippen molar-refractivity contribution >= 4 is 5.91 Å². The summed E-state index contributed by atoms with van der Waals surface area (Å²) < 4.78 is 11.3. The number of piperidine rings is 1. The number of para-hydroxylation sites is 1. The maximum atomic E-state index is 12.8. The van der Waals surface area contributed by atoms with E-state index < -0.39 is 0 Å². The van der Waals surface area contributed by atoms with Gasteiger partial charge in [0.1, 0.15) is 17.6 Å². The van der Waals surface area contributed by atoms with Crippen molar-refractivity contribution in [3.63, 3.8) is 0 Å². The predicted molar refractivity (Wildman–Crippen MR) is 110 cm³/mol. The van der Waals surface area contributed by atoms with E-state index in [4.69, 9.17) is 9.47 Å². The lowest BCUT2D eigenvalue weighted by Crippen LogP contribution is -2.41.